The highest BCUT2D eigenvalue weighted by Gasteiger charge is 2.22. The molecule has 1 N–H and O–H groups in total. The normalized spacial score (nSPS) is 12.4. The highest BCUT2D eigenvalue weighted by Crippen LogP contribution is 2.34. The van der Waals surface area contributed by atoms with Crippen LogP contribution in [0.5, 0.6) is 11.5 Å². The molecule has 0 unspecified atom stereocenters. The molecule has 1 aromatic heterocycles. The van der Waals surface area contributed by atoms with Crippen LogP contribution in [0.3, 0.4) is 0 Å². The van der Waals surface area contributed by atoms with E-state index in [9.17, 15) is 9.59 Å². The third kappa shape index (κ3) is 4.86. The Balaban J connectivity index is 1.36. The summed E-state index contributed by atoms with van der Waals surface area (Å²) in [6.45, 7) is 4.69. The Kier molecular flexibility index (Phi) is 6.18. The molecule has 1 aliphatic rings. The van der Waals surface area contributed by atoms with Gasteiger partial charge in [-0.1, -0.05) is 12.1 Å². The van der Waals surface area contributed by atoms with Crippen LogP contribution in [0.2, 0.25) is 0 Å². The summed E-state index contributed by atoms with van der Waals surface area (Å²) in [6.07, 6.45) is 0.863. The zero-order valence-electron chi connectivity index (χ0n) is 17.4. The Hall–Kier alpha value is -3.39. The predicted octanol–water partition coefficient (Wildman–Crippen LogP) is 4.14. The smallest absolute Gasteiger partial charge is 0.264 e. The molecule has 0 radical (unpaired) electrons. The lowest BCUT2D eigenvalue weighted by Gasteiger charge is -2.15. The largest absolute Gasteiger partial charge is 0.494 e. The minimum atomic E-state index is -0.286. The number of amides is 2. The molecule has 0 bridgehead atoms. The van der Waals surface area contributed by atoms with Gasteiger partial charge in [-0.2, -0.15) is 0 Å². The molecule has 0 aliphatic carbocycles. The first-order valence-corrected chi connectivity index (χ1v) is 10.9. The van der Waals surface area contributed by atoms with Gasteiger partial charge in [-0.25, -0.2) is 4.98 Å². The maximum absolute atomic E-state index is 12.2. The highest BCUT2D eigenvalue weighted by molar-refractivity contribution is 7.14. The van der Waals surface area contributed by atoms with Crippen molar-refractivity contribution in [2.24, 2.45) is 0 Å². The van der Waals surface area contributed by atoms with Crippen molar-refractivity contribution in [3.63, 3.8) is 0 Å². The zero-order valence-corrected chi connectivity index (χ0v) is 18.2. The molecule has 1 aliphatic heterocycles. The summed E-state index contributed by atoms with van der Waals surface area (Å²) < 4.78 is 10.9. The maximum Gasteiger partial charge on any atom is 0.264 e. The van der Waals surface area contributed by atoms with Crippen LogP contribution in [0, 0.1) is 0 Å². The first-order chi connectivity index (χ1) is 15.0. The van der Waals surface area contributed by atoms with E-state index < -0.39 is 0 Å². The number of thiazole rings is 1. The number of ether oxygens (including phenoxy) is 2. The summed E-state index contributed by atoms with van der Waals surface area (Å²) in [5, 5.41) is 5.15. The van der Waals surface area contributed by atoms with E-state index in [2.05, 4.69) is 10.3 Å². The molecule has 31 heavy (non-hydrogen) atoms. The molecular weight excluding hydrogens is 414 g/mol. The van der Waals surface area contributed by atoms with Gasteiger partial charge in [0, 0.05) is 30.1 Å². The van der Waals surface area contributed by atoms with Gasteiger partial charge < -0.3 is 14.4 Å². The van der Waals surface area contributed by atoms with Crippen LogP contribution in [0.4, 0.5) is 10.8 Å². The van der Waals surface area contributed by atoms with Crippen molar-refractivity contribution in [2.45, 2.75) is 20.3 Å². The fraction of sp³-hybridized carbons (Fsp3) is 0.261. The summed E-state index contributed by atoms with van der Waals surface area (Å²) in [7, 11) is 0. The average Bonchev–Trinajstić information content (AvgIpc) is 3.40. The van der Waals surface area contributed by atoms with E-state index in [1.54, 1.807) is 36.1 Å². The van der Waals surface area contributed by atoms with Crippen LogP contribution in [0.1, 0.15) is 19.4 Å². The quantitative estimate of drug-likeness (QED) is 0.601. The molecule has 0 atom stereocenters. The van der Waals surface area contributed by atoms with Crippen LogP contribution in [-0.4, -0.2) is 36.6 Å². The summed E-state index contributed by atoms with van der Waals surface area (Å²) in [5.74, 6) is 1.10. The predicted molar refractivity (Wildman–Crippen MR) is 121 cm³/mol. The Morgan fingerprint density at radius 1 is 1.13 bits per heavy atom. The second-order valence-corrected chi connectivity index (χ2v) is 7.90. The summed E-state index contributed by atoms with van der Waals surface area (Å²) in [4.78, 5) is 30.4. The van der Waals surface area contributed by atoms with Gasteiger partial charge in [0.05, 0.1) is 12.3 Å². The molecule has 0 spiro atoms. The van der Waals surface area contributed by atoms with E-state index in [4.69, 9.17) is 9.47 Å². The number of nitrogens with one attached hydrogen (secondary N) is 1. The van der Waals surface area contributed by atoms with Crippen molar-refractivity contribution in [2.75, 3.05) is 30.0 Å². The fourth-order valence-electron chi connectivity index (χ4n) is 3.43. The number of nitrogens with zero attached hydrogens (tertiary/aromatic N) is 2. The summed E-state index contributed by atoms with van der Waals surface area (Å²) >= 11 is 1.35. The van der Waals surface area contributed by atoms with Gasteiger partial charge in [0.15, 0.2) is 11.7 Å². The average molecular weight is 438 g/mol. The van der Waals surface area contributed by atoms with Crippen LogP contribution >= 0.6 is 11.3 Å². The van der Waals surface area contributed by atoms with Gasteiger partial charge in [-0.3, -0.25) is 14.9 Å². The molecule has 7 nitrogen and oxygen atoms in total. The standard InChI is InChI=1S/C23H23N3O4S/c1-3-29-18-6-8-19(9-7-18)30-13-22(28)25-23-24-20(14-31-23)17-5-4-16-10-11-26(15(2)27)21(16)12-17/h4-9,12,14H,3,10-11,13H2,1-2H3,(H,24,25,28). The number of anilines is 2. The first kappa shape index (κ1) is 20.9. The molecule has 2 aromatic carbocycles. The molecule has 0 saturated carbocycles. The molecule has 2 heterocycles. The summed E-state index contributed by atoms with van der Waals surface area (Å²) in [5.41, 5.74) is 3.77. The number of aromatic nitrogens is 1. The van der Waals surface area contributed by atoms with Crippen LogP contribution in [-0.2, 0) is 16.0 Å². The molecule has 2 amide bonds. The Labute approximate surface area is 184 Å². The number of benzene rings is 2. The van der Waals surface area contributed by atoms with Gasteiger partial charge in [0.25, 0.3) is 5.91 Å². The molecule has 8 heteroatoms. The number of hydrogen-bond acceptors (Lipinski definition) is 6. The second kappa shape index (κ2) is 9.18. The summed E-state index contributed by atoms with van der Waals surface area (Å²) in [6, 6.07) is 13.1. The van der Waals surface area contributed by atoms with Crippen LogP contribution in [0.25, 0.3) is 11.3 Å². The Morgan fingerprint density at radius 2 is 1.87 bits per heavy atom. The third-order valence-electron chi connectivity index (χ3n) is 4.91. The third-order valence-corrected chi connectivity index (χ3v) is 5.67. The first-order valence-electron chi connectivity index (χ1n) is 10.1. The van der Waals surface area contributed by atoms with E-state index in [0.717, 1.165) is 34.7 Å². The Morgan fingerprint density at radius 3 is 2.58 bits per heavy atom. The lowest BCUT2D eigenvalue weighted by Crippen LogP contribution is -2.25. The second-order valence-electron chi connectivity index (χ2n) is 7.04. The van der Waals surface area contributed by atoms with Crippen LogP contribution < -0.4 is 19.7 Å². The zero-order chi connectivity index (χ0) is 21.8. The number of carbonyl (C=O) groups excluding carboxylic acids is 2. The Bertz CT molecular complexity index is 1090. The van der Waals surface area contributed by atoms with E-state index in [0.29, 0.717) is 24.0 Å². The van der Waals surface area contributed by atoms with Crippen molar-refractivity contribution >= 4 is 34.0 Å². The highest BCUT2D eigenvalue weighted by atomic mass is 32.1. The van der Waals surface area contributed by atoms with E-state index in [1.807, 2.05) is 30.5 Å². The lowest BCUT2D eigenvalue weighted by molar-refractivity contribution is -0.118. The maximum atomic E-state index is 12.2. The van der Waals surface area contributed by atoms with E-state index in [-0.39, 0.29) is 18.4 Å². The SMILES string of the molecule is CCOc1ccc(OCC(=O)Nc2nc(-c3ccc4c(c3)N(C(C)=O)CC4)cs2)cc1. The van der Waals surface area contributed by atoms with Crippen molar-refractivity contribution in [1.29, 1.82) is 0 Å². The van der Waals surface area contributed by atoms with E-state index in [1.165, 1.54) is 11.3 Å². The van der Waals surface area contributed by atoms with Gasteiger partial charge in [-0.15, -0.1) is 11.3 Å². The van der Waals surface area contributed by atoms with Crippen molar-refractivity contribution in [1.82, 2.24) is 4.98 Å². The molecule has 160 valence electrons. The van der Waals surface area contributed by atoms with Crippen LogP contribution in [0.15, 0.2) is 47.8 Å². The minimum absolute atomic E-state index is 0.0367. The monoisotopic (exact) mass is 437 g/mol. The molecule has 4 rings (SSSR count). The lowest BCUT2D eigenvalue weighted by atomic mass is 10.1. The fourth-order valence-corrected chi connectivity index (χ4v) is 4.17. The molecular formula is C23H23N3O4S. The minimum Gasteiger partial charge on any atom is -0.494 e. The van der Waals surface area contributed by atoms with Gasteiger partial charge >= 0.3 is 0 Å². The number of rotatable bonds is 7. The topological polar surface area (TPSA) is 80.8 Å². The molecule has 3 aromatic rings. The number of fused-ring (bicyclic) bond motifs is 1. The van der Waals surface area contributed by atoms with Gasteiger partial charge in [0.1, 0.15) is 11.5 Å². The van der Waals surface area contributed by atoms with Gasteiger partial charge in [-0.05, 0) is 49.2 Å². The molecule has 0 saturated heterocycles. The molecule has 0 fully saturated rings. The van der Waals surface area contributed by atoms with Gasteiger partial charge in [0.2, 0.25) is 5.91 Å². The number of carbonyl (C=O) groups is 2. The van der Waals surface area contributed by atoms with Crippen molar-refractivity contribution in [3.05, 3.63) is 53.4 Å². The van der Waals surface area contributed by atoms with Crippen molar-refractivity contribution in [3.8, 4) is 22.8 Å². The number of hydrogen-bond donors (Lipinski definition) is 1. The van der Waals surface area contributed by atoms with Crippen molar-refractivity contribution < 1.29 is 19.1 Å². The van der Waals surface area contributed by atoms with E-state index >= 15 is 0 Å².